The molecule has 9 nitrogen and oxygen atoms in total. The number of hydrogen-bond donors (Lipinski definition) is 1. The first-order valence-corrected chi connectivity index (χ1v) is 13.1. The van der Waals surface area contributed by atoms with Crippen LogP contribution in [0.15, 0.2) is 70.3 Å². The summed E-state index contributed by atoms with van der Waals surface area (Å²) in [7, 11) is 0. The quantitative estimate of drug-likeness (QED) is 0.313. The molecule has 4 aromatic heterocycles. The van der Waals surface area contributed by atoms with Crippen LogP contribution < -0.4 is 5.56 Å². The minimum Gasteiger partial charge on any atom is -0.468 e. The summed E-state index contributed by atoms with van der Waals surface area (Å²) < 4.78 is 7.71. The van der Waals surface area contributed by atoms with Crippen molar-refractivity contribution in [3.63, 3.8) is 0 Å². The predicted molar refractivity (Wildman–Crippen MR) is 143 cm³/mol. The summed E-state index contributed by atoms with van der Waals surface area (Å²) in [5, 5.41) is 14.1. The van der Waals surface area contributed by atoms with Crippen molar-refractivity contribution >= 4 is 10.9 Å². The lowest BCUT2D eigenvalue weighted by Crippen LogP contribution is -2.35. The van der Waals surface area contributed by atoms with E-state index in [1.54, 1.807) is 12.5 Å². The lowest BCUT2D eigenvalue weighted by atomic mass is 9.99. The average Bonchev–Trinajstić information content (AvgIpc) is 3.68. The molecular weight excluding hydrogens is 478 g/mol. The van der Waals surface area contributed by atoms with Crippen LogP contribution in [-0.4, -0.2) is 35.1 Å². The topological polar surface area (TPSA) is 106 Å². The monoisotopic (exact) mass is 509 g/mol. The van der Waals surface area contributed by atoms with Crippen molar-refractivity contribution in [2.45, 2.75) is 64.7 Å². The second kappa shape index (κ2) is 10.3. The molecule has 9 heteroatoms. The van der Waals surface area contributed by atoms with Gasteiger partial charge < -0.3 is 9.40 Å². The van der Waals surface area contributed by atoms with Crippen molar-refractivity contribution in [1.29, 1.82) is 0 Å². The molecule has 38 heavy (non-hydrogen) atoms. The van der Waals surface area contributed by atoms with Gasteiger partial charge in [-0.15, -0.1) is 5.10 Å². The predicted octanol–water partition coefficient (Wildman–Crippen LogP) is 5.03. The maximum absolute atomic E-state index is 13.8. The van der Waals surface area contributed by atoms with Gasteiger partial charge in [0.15, 0.2) is 5.82 Å². The molecule has 4 heterocycles. The zero-order chi connectivity index (χ0) is 26.1. The summed E-state index contributed by atoms with van der Waals surface area (Å²) in [6.07, 6.45) is 9.63. The fourth-order valence-corrected chi connectivity index (χ4v) is 5.75. The molecule has 0 aliphatic heterocycles. The highest BCUT2D eigenvalue weighted by molar-refractivity contribution is 5.83. The van der Waals surface area contributed by atoms with Gasteiger partial charge in [0.1, 0.15) is 11.8 Å². The first-order chi connectivity index (χ1) is 18.6. The van der Waals surface area contributed by atoms with Crippen LogP contribution in [0.4, 0.5) is 0 Å². The van der Waals surface area contributed by atoms with Gasteiger partial charge in [-0.3, -0.25) is 14.7 Å². The molecule has 0 unspecified atom stereocenters. The van der Waals surface area contributed by atoms with E-state index in [1.807, 2.05) is 54.2 Å². The number of rotatable bonds is 8. The molecule has 0 bridgehead atoms. The van der Waals surface area contributed by atoms with E-state index in [0.717, 1.165) is 59.0 Å². The summed E-state index contributed by atoms with van der Waals surface area (Å²) in [6.45, 7) is 5.11. The number of H-pyrrole nitrogens is 1. The second-order valence-electron chi connectivity index (χ2n) is 10.3. The fraction of sp³-hybridized carbons (Fsp3) is 0.345. The molecule has 6 rings (SSSR count). The van der Waals surface area contributed by atoms with Gasteiger partial charge in [-0.05, 0) is 84.1 Å². The lowest BCUT2D eigenvalue weighted by Gasteiger charge is -2.31. The third-order valence-electron chi connectivity index (χ3n) is 7.48. The van der Waals surface area contributed by atoms with E-state index in [4.69, 9.17) is 4.42 Å². The van der Waals surface area contributed by atoms with Crippen LogP contribution >= 0.6 is 0 Å². The second-order valence-corrected chi connectivity index (χ2v) is 10.3. The molecule has 5 aromatic rings. The Labute approximate surface area is 220 Å². The van der Waals surface area contributed by atoms with Gasteiger partial charge in [0.2, 0.25) is 0 Å². The van der Waals surface area contributed by atoms with E-state index >= 15 is 0 Å². The number of nitrogens with zero attached hydrogens (tertiary/aromatic N) is 6. The number of aromatic nitrogens is 6. The Morgan fingerprint density at radius 3 is 2.76 bits per heavy atom. The minimum absolute atomic E-state index is 0.149. The molecule has 0 spiro atoms. The number of furan rings is 1. The molecule has 1 aromatic carbocycles. The van der Waals surface area contributed by atoms with Gasteiger partial charge in [0, 0.05) is 35.4 Å². The van der Waals surface area contributed by atoms with Crippen LogP contribution in [0.3, 0.4) is 0 Å². The van der Waals surface area contributed by atoms with Crippen molar-refractivity contribution in [2.24, 2.45) is 0 Å². The lowest BCUT2D eigenvalue weighted by molar-refractivity contribution is 0.176. The molecule has 1 aliphatic carbocycles. The number of benzene rings is 1. The Morgan fingerprint density at radius 1 is 1.13 bits per heavy atom. The smallest absolute Gasteiger partial charge is 0.253 e. The average molecular weight is 510 g/mol. The third-order valence-corrected chi connectivity index (χ3v) is 7.48. The molecule has 1 N–H and O–H groups in total. The van der Waals surface area contributed by atoms with Crippen LogP contribution in [0.5, 0.6) is 0 Å². The summed E-state index contributed by atoms with van der Waals surface area (Å²) >= 11 is 0. The van der Waals surface area contributed by atoms with Gasteiger partial charge in [0.05, 0.1) is 18.8 Å². The zero-order valence-corrected chi connectivity index (χ0v) is 21.7. The normalized spacial score (nSPS) is 15.0. The van der Waals surface area contributed by atoms with Crippen LogP contribution in [0.25, 0.3) is 10.9 Å². The molecular formula is C29H31N7O2. The summed E-state index contributed by atoms with van der Waals surface area (Å²) in [4.78, 5) is 23.5. The number of pyridine rings is 2. The highest BCUT2D eigenvalue weighted by atomic mass is 16.3. The van der Waals surface area contributed by atoms with E-state index in [9.17, 15) is 4.79 Å². The highest BCUT2D eigenvalue weighted by Gasteiger charge is 2.34. The zero-order valence-electron chi connectivity index (χ0n) is 21.7. The largest absolute Gasteiger partial charge is 0.468 e. The number of tetrazole rings is 1. The number of aryl methyl sites for hydroxylation is 2. The fourth-order valence-electron chi connectivity index (χ4n) is 5.75. The standard InChI is InChI=1S/C29H31N7O2/c1-19-13-20(2)24-15-25(29(37)31-26(24)14-19)27(28-32-33-34-36(28)22-8-3-4-9-22)35(18-23-10-6-12-38-23)17-21-7-5-11-30-16-21/h5-7,10-16,22,27H,3-4,8-9,17-18H2,1-2H3,(H,31,37)/t27-/m1/s1. The Morgan fingerprint density at radius 2 is 2.00 bits per heavy atom. The number of fused-ring (bicyclic) bond motifs is 1. The van der Waals surface area contributed by atoms with E-state index in [-0.39, 0.29) is 11.6 Å². The third kappa shape index (κ3) is 4.77. The van der Waals surface area contributed by atoms with Crippen LogP contribution in [0.1, 0.15) is 71.6 Å². The van der Waals surface area contributed by atoms with Crippen molar-refractivity contribution in [2.75, 3.05) is 0 Å². The first-order valence-electron chi connectivity index (χ1n) is 13.1. The maximum Gasteiger partial charge on any atom is 0.253 e. The van der Waals surface area contributed by atoms with Crippen LogP contribution in [0.2, 0.25) is 0 Å². The molecule has 1 atom stereocenters. The number of nitrogens with one attached hydrogen (secondary N) is 1. The molecule has 194 valence electrons. The van der Waals surface area contributed by atoms with Crippen LogP contribution in [-0.2, 0) is 13.1 Å². The highest BCUT2D eigenvalue weighted by Crippen LogP contribution is 2.35. The van der Waals surface area contributed by atoms with E-state index in [1.165, 1.54) is 0 Å². The number of hydrogen-bond acceptors (Lipinski definition) is 7. The summed E-state index contributed by atoms with van der Waals surface area (Å²) in [6, 6.07) is 13.7. The van der Waals surface area contributed by atoms with E-state index in [2.05, 4.69) is 43.4 Å². The Balaban J connectivity index is 1.55. The van der Waals surface area contributed by atoms with E-state index in [0.29, 0.717) is 24.5 Å². The minimum atomic E-state index is -0.509. The van der Waals surface area contributed by atoms with E-state index < -0.39 is 6.04 Å². The summed E-state index contributed by atoms with van der Waals surface area (Å²) in [5.41, 5.74) is 4.52. The SMILES string of the molecule is Cc1cc(C)c2cc([C@H](c3nnnn3C3CCCC3)N(Cc3cccnc3)Cc3ccco3)c(=O)[nH]c2c1. The van der Waals surface area contributed by atoms with Crippen molar-refractivity contribution in [1.82, 2.24) is 35.1 Å². The van der Waals surface area contributed by atoms with Gasteiger partial charge in [0.25, 0.3) is 5.56 Å². The Bertz CT molecular complexity index is 1580. The number of aromatic amines is 1. The Kier molecular flexibility index (Phi) is 6.59. The van der Waals surface area contributed by atoms with Gasteiger partial charge in [-0.1, -0.05) is 25.0 Å². The molecule has 0 radical (unpaired) electrons. The van der Waals surface area contributed by atoms with Crippen molar-refractivity contribution in [3.05, 3.63) is 105 Å². The van der Waals surface area contributed by atoms with Crippen molar-refractivity contribution < 1.29 is 4.42 Å². The molecule has 1 fully saturated rings. The van der Waals surface area contributed by atoms with Gasteiger partial charge in [-0.2, -0.15) is 0 Å². The molecule has 0 saturated heterocycles. The maximum atomic E-state index is 13.8. The molecule has 1 saturated carbocycles. The van der Waals surface area contributed by atoms with Crippen molar-refractivity contribution in [3.8, 4) is 0 Å². The Hall–Kier alpha value is -4.11. The van der Waals surface area contributed by atoms with Crippen LogP contribution in [0, 0.1) is 13.8 Å². The molecule has 1 aliphatic rings. The van der Waals surface area contributed by atoms with Gasteiger partial charge >= 0.3 is 0 Å². The molecule has 0 amide bonds. The van der Waals surface area contributed by atoms with Gasteiger partial charge in [-0.25, -0.2) is 4.68 Å². The summed E-state index contributed by atoms with van der Waals surface area (Å²) in [5.74, 6) is 1.46. The first kappa shape index (κ1) is 24.2.